The lowest BCUT2D eigenvalue weighted by Gasteiger charge is -2.20. The summed E-state index contributed by atoms with van der Waals surface area (Å²) in [6.45, 7) is 2.52. The van der Waals surface area contributed by atoms with Crippen LogP contribution in [0, 0.1) is 5.82 Å². The van der Waals surface area contributed by atoms with Crippen LogP contribution in [0.4, 0.5) is 17.6 Å². The van der Waals surface area contributed by atoms with Crippen molar-refractivity contribution in [3.8, 4) is 0 Å². The minimum Gasteiger partial charge on any atom is -0.310 e. The maximum absolute atomic E-state index is 13.3. The molecule has 108 valence electrons. The summed E-state index contributed by atoms with van der Waals surface area (Å²) >= 11 is 3.15. The number of hydrogen-bond acceptors (Lipinski definition) is 1. The van der Waals surface area contributed by atoms with E-state index in [1.54, 1.807) is 6.07 Å². The van der Waals surface area contributed by atoms with Gasteiger partial charge in [0.1, 0.15) is 5.82 Å². The molecular formula is C13H16BrF4N. The van der Waals surface area contributed by atoms with Gasteiger partial charge in [-0.05, 0) is 43.1 Å². The van der Waals surface area contributed by atoms with Gasteiger partial charge in [-0.25, -0.2) is 4.39 Å². The lowest BCUT2D eigenvalue weighted by Crippen LogP contribution is -2.24. The summed E-state index contributed by atoms with van der Waals surface area (Å²) in [6.07, 6.45) is -4.38. The summed E-state index contributed by atoms with van der Waals surface area (Å²) in [5.41, 5.74) is 0.532. The summed E-state index contributed by atoms with van der Waals surface area (Å²) < 4.78 is 50.7. The second-order valence-corrected chi connectivity index (χ2v) is 5.28. The maximum atomic E-state index is 13.3. The molecule has 0 heterocycles. The molecule has 6 heteroatoms. The molecule has 1 unspecified atom stereocenters. The van der Waals surface area contributed by atoms with Crippen molar-refractivity contribution in [3.63, 3.8) is 0 Å². The maximum Gasteiger partial charge on any atom is 0.389 e. The predicted molar refractivity (Wildman–Crippen MR) is 70.4 cm³/mol. The monoisotopic (exact) mass is 341 g/mol. The molecule has 1 nitrogen and oxygen atoms in total. The van der Waals surface area contributed by atoms with Crippen molar-refractivity contribution in [2.75, 3.05) is 6.54 Å². The number of halogens is 5. The van der Waals surface area contributed by atoms with Crippen molar-refractivity contribution < 1.29 is 17.6 Å². The van der Waals surface area contributed by atoms with Crippen molar-refractivity contribution in [3.05, 3.63) is 34.1 Å². The molecule has 1 aromatic carbocycles. The molecule has 0 aliphatic carbocycles. The Hall–Kier alpha value is -0.620. The van der Waals surface area contributed by atoms with Crippen LogP contribution in [0.25, 0.3) is 0 Å². The highest BCUT2D eigenvalue weighted by Crippen LogP contribution is 2.29. The summed E-state index contributed by atoms with van der Waals surface area (Å²) in [5.74, 6) is -0.459. The van der Waals surface area contributed by atoms with E-state index in [2.05, 4.69) is 21.2 Å². The van der Waals surface area contributed by atoms with E-state index >= 15 is 0 Å². The Morgan fingerprint density at radius 2 is 1.95 bits per heavy atom. The van der Waals surface area contributed by atoms with Gasteiger partial charge in [0.05, 0.1) is 0 Å². The number of rotatable bonds is 6. The van der Waals surface area contributed by atoms with Gasteiger partial charge in [-0.15, -0.1) is 0 Å². The van der Waals surface area contributed by atoms with Crippen LogP contribution in [0.15, 0.2) is 22.7 Å². The zero-order valence-corrected chi connectivity index (χ0v) is 12.1. The minimum atomic E-state index is -4.20. The minimum absolute atomic E-state index is 0.0978. The Balaban J connectivity index is 2.82. The first-order chi connectivity index (χ1) is 8.81. The second-order valence-electron chi connectivity index (χ2n) is 4.36. The summed E-state index contributed by atoms with van der Waals surface area (Å²) in [6, 6.07) is 3.71. The molecule has 0 bridgehead atoms. The number of hydrogen-bond donors (Lipinski definition) is 1. The molecule has 0 aromatic heterocycles. The molecule has 1 N–H and O–H groups in total. The molecular weight excluding hydrogens is 326 g/mol. The molecule has 1 aromatic rings. The first-order valence-corrected chi connectivity index (χ1v) is 6.87. The molecule has 0 fully saturated rings. The van der Waals surface area contributed by atoms with Gasteiger partial charge in [-0.3, -0.25) is 0 Å². The average Bonchev–Trinajstić information content (AvgIpc) is 2.26. The van der Waals surface area contributed by atoms with Gasteiger partial charge < -0.3 is 5.32 Å². The van der Waals surface area contributed by atoms with Gasteiger partial charge in [-0.2, -0.15) is 13.2 Å². The SMILES string of the molecule is CCCNC(CCC(F)(F)F)c1cc(F)cc(Br)c1. The summed E-state index contributed by atoms with van der Waals surface area (Å²) in [5, 5.41) is 3.03. The lowest BCUT2D eigenvalue weighted by atomic mass is 10.0. The zero-order chi connectivity index (χ0) is 14.5. The Kier molecular flexibility index (Phi) is 6.26. The molecule has 0 radical (unpaired) electrons. The van der Waals surface area contributed by atoms with Gasteiger partial charge in [-0.1, -0.05) is 22.9 Å². The lowest BCUT2D eigenvalue weighted by molar-refractivity contribution is -0.136. The fourth-order valence-electron chi connectivity index (χ4n) is 1.79. The van der Waals surface area contributed by atoms with E-state index in [1.807, 2.05) is 6.92 Å². The van der Waals surface area contributed by atoms with E-state index in [4.69, 9.17) is 0 Å². The Bertz CT molecular complexity index is 386. The van der Waals surface area contributed by atoms with Crippen molar-refractivity contribution in [2.24, 2.45) is 0 Å². The highest BCUT2D eigenvalue weighted by Gasteiger charge is 2.28. The van der Waals surface area contributed by atoms with Crippen LogP contribution in [0.2, 0.25) is 0 Å². The van der Waals surface area contributed by atoms with Gasteiger partial charge in [0.2, 0.25) is 0 Å². The highest BCUT2D eigenvalue weighted by atomic mass is 79.9. The van der Waals surface area contributed by atoms with E-state index in [9.17, 15) is 17.6 Å². The highest BCUT2D eigenvalue weighted by molar-refractivity contribution is 9.10. The zero-order valence-electron chi connectivity index (χ0n) is 10.5. The second kappa shape index (κ2) is 7.24. The van der Waals surface area contributed by atoms with Crippen LogP contribution >= 0.6 is 15.9 Å². The van der Waals surface area contributed by atoms with E-state index in [0.29, 0.717) is 16.6 Å². The van der Waals surface area contributed by atoms with E-state index in [0.717, 1.165) is 6.42 Å². The Labute approximate surface area is 118 Å². The van der Waals surface area contributed by atoms with Gasteiger partial charge in [0.15, 0.2) is 0 Å². The molecule has 1 atom stereocenters. The van der Waals surface area contributed by atoms with Crippen LogP contribution in [-0.4, -0.2) is 12.7 Å². The number of benzene rings is 1. The van der Waals surface area contributed by atoms with Crippen molar-refractivity contribution in [1.82, 2.24) is 5.32 Å². The molecule has 1 rings (SSSR count). The van der Waals surface area contributed by atoms with Crippen molar-refractivity contribution in [2.45, 2.75) is 38.4 Å². The Morgan fingerprint density at radius 3 is 2.47 bits per heavy atom. The largest absolute Gasteiger partial charge is 0.389 e. The first kappa shape index (κ1) is 16.4. The molecule has 19 heavy (non-hydrogen) atoms. The average molecular weight is 342 g/mol. The third-order valence-electron chi connectivity index (χ3n) is 2.64. The van der Waals surface area contributed by atoms with Crippen LogP contribution in [-0.2, 0) is 0 Å². The molecule has 0 spiro atoms. The number of nitrogens with one attached hydrogen (secondary N) is 1. The van der Waals surface area contributed by atoms with Gasteiger partial charge >= 0.3 is 6.18 Å². The normalized spacial score (nSPS) is 13.6. The third-order valence-corrected chi connectivity index (χ3v) is 3.10. The smallest absolute Gasteiger partial charge is 0.310 e. The van der Waals surface area contributed by atoms with Gasteiger partial charge in [0, 0.05) is 16.9 Å². The molecule has 0 aliphatic heterocycles. The Morgan fingerprint density at radius 1 is 1.26 bits per heavy atom. The van der Waals surface area contributed by atoms with Crippen LogP contribution in [0.5, 0.6) is 0 Å². The van der Waals surface area contributed by atoms with Crippen LogP contribution < -0.4 is 5.32 Å². The summed E-state index contributed by atoms with van der Waals surface area (Å²) in [4.78, 5) is 0. The molecule has 0 saturated carbocycles. The van der Waals surface area contributed by atoms with Gasteiger partial charge in [0.25, 0.3) is 0 Å². The standard InChI is InChI=1S/C13H16BrF4N/c1-2-5-19-12(3-4-13(16,17)18)9-6-10(14)8-11(15)7-9/h6-8,12,19H,2-5H2,1H3. The number of alkyl halides is 3. The molecule has 0 aliphatic rings. The fraction of sp³-hybridized carbons (Fsp3) is 0.538. The van der Waals surface area contributed by atoms with E-state index in [-0.39, 0.29) is 6.42 Å². The van der Waals surface area contributed by atoms with Crippen LogP contribution in [0.3, 0.4) is 0 Å². The van der Waals surface area contributed by atoms with Crippen molar-refractivity contribution in [1.29, 1.82) is 0 Å². The third kappa shape index (κ3) is 6.38. The fourth-order valence-corrected chi connectivity index (χ4v) is 2.27. The van der Waals surface area contributed by atoms with E-state index < -0.39 is 24.5 Å². The predicted octanol–water partition coefficient (Wildman–Crippen LogP) is 4.97. The summed E-state index contributed by atoms with van der Waals surface area (Å²) in [7, 11) is 0. The van der Waals surface area contributed by atoms with Crippen LogP contribution in [0.1, 0.15) is 37.8 Å². The van der Waals surface area contributed by atoms with Crippen molar-refractivity contribution >= 4 is 15.9 Å². The quantitative estimate of drug-likeness (QED) is 0.720. The molecule has 0 saturated heterocycles. The van der Waals surface area contributed by atoms with E-state index in [1.165, 1.54) is 12.1 Å². The topological polar surface area (TPSA) is 12.0 Å². The first-order valence-electron chi connectivity index (χ1n) is 6.08. The molecule has 0 amide bonds.